The number of anilines is 1. The molecule has 0 atom stereocenters. The maximum absolute atomic E-state index is 12.1. The van der Waals surface area contributed by atoms with Crippen LogP contribution in [0.25, 0.3) is 0 Å². The average molecular weight is 362 g/mol. The maximum atomic E-state index is 12.1. The summed E-state index contributed by atoms with van der Waals surface area (Å²) in [6, 6.07) is 12.3. The third-order valence-electron chi connectivity index (χ3n) is 3.12. The Labute approximate surface area is 155 Å². The Morgan fingerprint density at radius 1 is 1.12 bits per heavy atom. The summed E-state index contributed by atoms with van der Waals surface area (Å²) in [5.41, 5.74) is 8.50. The number of hydrogen-bond donors (Lipinski definition) is 3. The van der Waals surface area contributed by atoms with E-state index in [1.807, 2.05) is 45.9 Å². The number of nitrogen functional groups attached to an aromatic ring is 1. The van der Waals surface area contributed by atoms with Crippen molar-refractivity contribution < 1.29 is 4.79 Å². The van der Waals surface area contributed by atoms with Gasteiger partial charge in [-0.25, -0.2) is 0 Å². The Balaban J connectivity index is 0.00000134. The van der Waals surface area contributed by atoms with Crippen LogP contribution in [0.1, 0.15) is 56.1 Å². The lowest BCUT2D eigenvalue weighted by Gasteiger charge is -2.09. The SMILES string of the molecule is CC.CC.CC(=N)c1cc(C(=O)NCc2ccccc2Cl)ccc1N. The summed E-state index contributed by atoms with van der Waals surface area (Å²) in [4.78, 5) is 12.1. The summed E-state index contributed by atoms with van der Waals surface area (Å²) in [6.07, 6.45) is 0. The molecular weight excluding hydrogens is 334 g/mol. The van der Waals surface area contributed by atoms with Gasteiger partial charge in [-0.2, -0.15) is 0 Å². The summed E-state index contributed by atoms with van der Waals surface area (Å²) >= 11 is 6.05. The van der Waals surface area contributed by atoms with Crippen LogP contribution in [0.4, 0.5) is 5.69 Å². The molecule has 2 aromatic carbocycles. The largest absolute Gasteiger partial charge is 0.398 e. The van der Waals surface area contributed by atoms with Crippen LogP contribution in [-0.4, -0.2) is 11.6 Å². The van der Waals surface area contributed by atoms with Crippen LogP contribution in [-0.2, 0) is 6.54 Å². The number of nitrogens with one attached hydrogen (secondary N) is 2. The fourth-order valence-corrected chi connectivity index (χ4v) is 2.14. The van der Waals surface area contributed by atoms with Gasteiger partial charge in [0.05, 0.1) is 0 Å². The van der Waals surface area contributed by atoms with Gasteiger partial charge in [0.1, 0.15) is 0 Å². The summed E-state index contributed by atoms with van der Waals surface area (Å²) in [5.74, 6) is -0.225. The maximum Gasteiger partial charge on any atom is 0.251 e. The highest BCUT2D eigenvalue weighted by Crippen LogP contribution is 2.16. The number of nitrogens with two attached hydrogens (primary N) is 1. The first-order chi connectivity index (χ1) is 12.0. The van der Waals surface area contributed by atoms with Crippen LogP contribution >= 0.6 is 11.6 Å². The predicted octanol–water partition coefficient (Wildman–Crippen LogP) is 5.29. The van der Waals surface area contributed by atoms with Gasteiger partial charge in [0, 0.05) is 34.1 Å². The molecule has 0 saturated heterocycles. The Kier molecular flexibility index (Phi) is 11.0. The van der Waals surface area contributed by atoms with Crippen molar-refractivity contribution in [3.05, 3.63) is 64.2 Å². The molecule has 0 aliphatic carbocycles. The summed E-state index contributed by atoms with van der Waals surface area (Å²) in [6.45, 7) is 9.99. The van der Waals surface area contributed by atoms with Crippen molar-refractivity contribution in [2.75, 3.05) is 5.73 Å². The molecule has 0 radical (unpaired) electrons. The number of carbonyl (C=O) groups is 1. The lowest BCUT2D eigenvalue weighted by Crippen LogP contribution is -2.23. The van der Waals surface area contributed by atoms with E-state index in [1.165, 1.54) is 0 Å². The smallest absolute Gasteiger partial charge is 0.251 e. The second-order valence-electron chi connectivity index (χ2n) is 4.70. The number of amides is 1. The molecule has 25 heavy (non-hydrogen) atoms. The van der Waals surface area contributed by atoms with E-state index in [4.69, 9.17) is 22.7 Å². The zero-order valence-electron chi connectivity index (χ0n) is 15.6. The Bertz CT molecular complexity index is 699. The van der Waals surface area contributed by atoms with Crippen LogP contribution in [0.5, 0.6) is 0 Å². The van der Waals surface area contributed by atoms with Crippen LogP contribution in [0.15, 0.2) is 42.5 Å². The highest BCUT2D eigenvalue weighted by atomic mass is 35.5. The van der Waals surface area contributed by atoms with Crippen molar-refractivity contribution in [2.24, 2.45) is 0 Å². The van der Waals surface area contributed by atoms with Crippen molar-refractivity contribution in [1.29, 1.82) is 5.41 Å². The fraction of sp³-hybridized carbons (Fsp3) is 0.300. The fourth-order valence-electron chi connectivity index (χ4n) is 1.94. The van der Waals surface area contributed by atoms with E-state index in [9.17, 15) is 4.79 Å². The van der Waals surface area contributed by atoms with E-state index in [2.05, 4.69) is 5.32 Å². The van der Waals surface area contributed by atoms with Gasteiger partial charge in [-0.3, -0.25) is 4.79 Å². The van der Waals surface area contributed by atoms with Gasteiger partial charge in [0.25, 0.3) is 5.91 Å². The van der Waals surface area contributed by atoms with E-state index < -0.39 is 0 Å². The topological polar surface area (TPSA) is 79.0 Å². The molecule has 0 fully saturated rings. The van der Waals surface area contributed by atoms with Crippen molar-refractivity contribution in [2.45, 2.75) is 41.2 Å². The van der Waals surface area contributed by atoms with Gasteiger partial charge in [-0.1, -0.05) is 57.5 Å². The molecule has 2 rings (SSSR count). The molecule has 136 valence electrons. The van der Waals surface area contributed by atoms with Gasteiger partial charge in [0.2, 0.25) is 0 Å². The summed E-state index contributed by atoms with van der Waals surface area (Å²) in [5, 5.41) is 11.1. The molecule has 0 aliphatic rings. The first-order valence-electron chi connectivity index (χ1n) is 8.45. The number of rotatable bonds is 4. The molecule has 0 bridgehead atoms. The van der Waals surface area contributed by atoms with Crippen LogP contribution < -0.4 is 11.1 Å². The number of hydrogen-bond acceptors (Lipinski definition) is 3. The third kappa shape index (κ3) is 6.98. The first kappa shape index (κ1) is 22.7. The van der Waals surface area contributed by atoms with Crippen molar-refractivity contribution in [3.63, 3.8) is 0 Å². The van der Waals surface area contributed by atoms with Crippen LogP contribution in [0.3, 0.4) is 0 Å². The van der Waals surface area contributed by atoms with Gasteiger partial charge < -0.3 is 16.5 Å². The zero-order valence-corrected chi connectivity index (χ0v) is 16.4. The minimum absolute atomic E-state index is 0.225. The molecule has 4 nitrogen and oxygen atoms in total. The first-order valence-corrected chi connectivity index (χ1v) is 8.83. The van der Waals surface area contributed by atoms with E-state index in [1.54, 1.807) is 31.2 Å². The molecule has 5 heteroatoms. The molecule has 2 aromatic rings. The van der Waals surface area contributed by atoms with Crippen molar-refractivity contribution in [1.82, 2.24) is 5.32 Å². The number of halogens is 1. The van der Waals surface area contributed by atoms with Crippen molar-refractivity contribution in [3.8, 4) is 0 Å². The zero-order chi connectivity index (χ0) is 19.4. The number of benzene rings is 2. The Morgan fingerprint density at radius 3 is 2.28 bits per heavy atom. The molecule has 0 aromatic heterocycles. The van der Waals surface area contributed by atoms with Gasteiger partial charge in [-0.05, 0) is 36.8 Å². The van der Waals surface area contributed by atoms with Gasteiger partial charge in [-0.15, -0.1) is 0 Å². The highest BCUT2D eigenvalue weighted by molar-refractivity contribution is 6.31. The monoisotopic (exact) mass is 361 g/mol. The molecule has 0 heterocycles. The molecule has 0 saturated carbocycles. The minimum Gasteiger partial charge on any atom is -0.398 e. The molecule has 0 spiro atoms. The van der Waals surface area contributed by atoms with Crippen molar-refractivity contribution >= 4 is 28.9 Å². The number of carbonyl (C=O) groups excluding carboxylic acids is 1. The molecule has 4 N–H and O–H groups in total. The summed E-state index contributed by atoms with van der Waals surface area (Å²) < 4.78 is 0. The van der Waals surface area contributed by atoms with E-state index in [-0.39, 0.29) is 5.91 Å². The standard InChI is InChI=1S/C16H16ClN3O.2C2H6/c1-10(18)13-8-11(6-7-15(13)19)16(21)20-9-12-4-2-3-5-14(12)17;2*1-2/h2-8,18H,9,19H2,1H3,(H,20,21);2*1-2H3. The Hall–Kier alpha value is -2.33. The lowest BCUT2D eigenvalue weighted by atomic mass is 10.0. The predicted molar refractivity (Wildman–Crippen MR) is 109 cm³/mol. The quantitative estimate of drug-likeness (QED) is 0.510. The molecule has 0 aliphatic heterocycles. The Morgan fingerprint density at radius 2 is 1.72 bits per heavy atom. The third-order valence-corrected chi connectivity index (χ3v) is 3.49. The molecule has 1 amide bonds. The van der Waals surface area contributed by atoms with E-state index in [0.717, 1.165) is 5.56 Å². The normalized spacial score (nSPS) is 9.04. The van der Waals surface area contributed by atoms with E-state index in [0.29, 0.717) is 34.1 Å². The van der Waals surface area contributed by atoms with Gasteiger partial charge in [0.15, 0.2) is 0 Å². The second kappa shape index (κ2) is 12.1. The average Bonchev–Trinajstić information content (AvgIpc) is 2.64. The van der Waals surface area contributed by atoms with Gasteiger partial charge >= 0.3 is 0 Å². The van der Waals surface area contributed by atoms with E-state index >= 15 is 0 Å². The summed E-state index contributed by atoms with van der Waals surface area (Å²) in [7, 11) is 0. The molecular formula is C20H28ClN3O. The van der Waals surface area contributed by atoms with Crippen LogP contribution in [0, 0.1) is 5.41 Å². The van der Waals surface area contributed by atoms with Crippen LogP contribution in [0.2, 0.25) is 5.02 Å². The highest BCUT2D eigenvalue weighted by Gasteiger charge is 2.10. The molecule has 0 unspecified atom stereocenters. The minimum atomic E-state index is -0.225. The second-order valence-corrected chi connectivity index (χ2v) is 5.11. The lowest BCUT2D eigenvalue weighted by molar-refractivity contribution is 0.0951.